The summed E-state index contributed by atoms with van der Waals surface area (Å²) in [5.74, 6) is -0.383. The van der Waals surface area contributed by atoms with E-state index < -0.39 is 0 Å². The summed E-state index contributed by atoms with van der Waals surface area (Å²) in [7, 11) is 0. The van der Waals surface area contributed by atoms with Crippen molar-refractivity contribution in [3.63, 3.8) is 0 Å². The Balaban J connectivity index is 2.65. The molecule has 5 heteroatoms. The molecule has 94 valence electrons. The summed E-state index contributed by atoms with van der Waals surface area (Å²) in [6.07, 6.45) is 1.51. The molecule has 0 aliphatic carbocycles. The number of carbonyl (C=O) groups is 1. The van der Waals surface area contributed by atoms with E-state index in [0.717, 1.165) is 16.5 Å². The van der Waals surface area contributed by atoms with Crippen LogP contribution in [0.3, 0.4) is 0 Å². The van der Waals surface area contributed by atoms with E-state index >= 15 is 0 Å². The Bertz CT molecular complexity index is 628. The third-order valence-electron chi connectivity index (χ3n) is 2.66. The Hall–Kier alpha value is -1.13. The van der Waals surface area contributed by atoms with Crippen molar-refractivity contribution in [2.75, 3.05) is 6.61 Å². The molecular weight excluding hydrogens is 318 g/mol. The van der Waals surface area contributed by atoms with Gasteiger partial charge in [0.05, 0.1) is 17.7 Å². The van der Waals surface area contributed by atoms with Crippen LogP contribution in [0, 0.1) is 6.92 Å². The Morgan fingerprint density at radius 1 is 1.50 bits per heavy atom. The number of benzene rings is 1. The van der Waals surface area contributed by atoms with E-state index in [0.29, 0.717) is 21.7 Å². The topological polar surface area (TPSA) is 39.2 Å². The number of esters is 1. The van der Waals surface area contributed by atoms with Gasteiger partial charge >= 0.3 is 5.97 Å². The van der Waals surface area contributed by atoms with Gasteiger partial charge in [-0.05, 0) is 41.4 Å². The first kappa shape index (κ1) is 13.3. The Labute approximate surface area is 118 Å². The van der Waals surface area contributed by atoms with Gasteiger partial charge in [0, 0.05) is 21.1 Å². The highest BCUT2D eigenvalue weighted by Crippen LogP contribution is 2.31. The fraction of sp³-hybridized carbons (Fsp3) is 0.231. The highest BCUT2D eigenvalue weighted by molar-refractivity contribution is 9.10. The summed E-state index contributed by atoms with van der Waals surface area (Å²) in [5.41, 5.74) is 2.10. The van der Waals surface area contributed by atoms with E-state index in [1.54, 1.807) is 13.0 Å². The van der Waals surface area contributed by atoms with Crippen molar-refractivity contribution in [1.29, 1.82) is 0 Å². The van der Waals surface area contributed by atoms with Crippen molar-refractivity contribution in [3.8, 4) is 0 Å². The molecule has 3 nitrogen and oxygen atoms in total. The van der Waals surface area contributed by atoms with Crippen molar-refractivity contribution < 1.29 is 9.53 Å². The number of carbonyl (C=O) groups excluding carboxylic acids is 1. The molecule has 0 unspecified atom stereocenters. The normalized spacial score (nSPS) is 10.7. The second-order valence-corrected chi connectivity index (χ2v) is 4.98. The van der Waals surface area contributed by atoms with Gasteiger partial charge in [0.25, 0.3) is 0 Å². The SMILES string of the molecule is CCOC(=O)c1cnc2c(C)c(Cl)ccc2c1Br. The molecule has 18 heavy (non-hydrogen) atoms. The quantitative estimate of drug-likeness (QED) is 0.778. The molecule has 0 saturated carbocycles. The zero-order valence-electron chi connectivity index (χ0n) is 9.96. The van der Waals surface area contributed by atoms with Crippen molar-refractivity contribution in [1.82, 2.24) is 4.98 Å². The monoisotopic (exact) mass is 327 g/mol. The smallest absolute Gasteiger partial charge is 0.340 e. The first-order valence-electron chi connectivity index (χ1n) is 5.46. The molecule has 1 aromatic heterocycles. The number of fused-ring (bicyclic) bond motifs is 1. The number of rotatable bonds is 2. The van der Waals surface area contributed by atoms with Crippen molar-refractivity contribution in [3.05, 3.63) is 39.0 Å². The van der Waals surface area contributed by atoms with Crippen LogP contribution in [0.4, 0.5) is 0 Å². The zero-order valence-corrected chi connectivity index (χ0v) is 12.3. The van der Waals surface area contributed by atoms with E-state index in [-0.39, 0.29) is 5.97 Å². The average molecular weight is 329 g/mol. The molecule has 0 fully saturated rings. The van der Waals surface area contributed by atoms with Crippen molar-refractivity contribution in [2.45, 2.75) is 13.8 Å². The summed E-state index contributed by atoms with van der Waals surface area (Å²) in [5, 5.41) is 1.51. The first-order valence-corrected chi connectivity index (χ1v) is 6.63. The molecule has 0 saturated heterocycles. The minimum absolute atomic E-state index is 0.336. The van der Waals surface area contributed by atoms with Gasteiger partial charge in [-0.2, -0.15) is 0 Å². The number of hydrogen-bond donors (Lipinski definition) is 0. The summed E-state index contributed by atoms with van der Waals surface area (Å²) >= 11 is 9.47. The second-order valence-electron chi connectivity index (χ2n) is 3.77. The summed E-state index contributed by atoms with van der Waals surface area (Å²) in [6, 6.07) is 3.63. The van der Waals surface area contributed by atoms with Crippen LogP contribution in [0.25, 0.3) is 10.9 Å². The van der Waals surface area contributed by atoms with Gasteiger partial charge in [0.2, 0.25) is 0 Å². The van der Waals surface area contributed by atoms with Gasteiger partial charge in [-0.25, -0.2) is 4.79 Å². The van der Waals surface area contributed by atoms with Crippen LogP contribution in [0.2, 0.25) is 5.02 Å². The largest absolute Gasteiger partial charge is 0.462 e. The van der Waals surface area contributed by atoms with Gasteiger partial charge in [-0.3, -0.25) is 4.98 Å². The predicted molar refractivity (Wildman–Crippen MR) is 75.1 cm³/mol. The number of aromatic nitrogens is 1. The van der Waals surface area contributed by atoms with E-state index in [1.165, 1.54) is 6.20 Å². The van der Waals surface area contributed by atoms with Crippen LogP contribution in [-0.4, -0.2) is 17.6 Å². The Morgan fingerprint density at radius 3 is 2.89 bits per heavy atom. The molecule has 0 bridgehead atoms. The number of hydrogen-bond acceptors (Lipinski definition) is 3. The maximum absolute atomic E-state index is 11.7. The summed E-state index contributed by atoms with van der Waals surface area (Å²) in [6.45, 7) is 4.00. The fourth-order valence-corrected chi connectivity index (χ4v) is 2.44. The molecule has 0 spiro atoms. The summed E-state index contributed by atoms with van der Waals surface area (Å²) in [4.78, 5) is 16.0. The molecule has 0 N–H and O–H groups in total. The standard InChI is InChI=1S/C13H11BrClNO2/c1-3-18-13(17)9-6-16-12-7(2)10(15)5-4-8(12)11(9)14/h4-6H,3H2,1-2H3. The molecule has 0 radical (unpaired) electrons. The zero-order chi connectivity index (χ0) is 13.3. The molecule has 0 aliphatic heterocycles. The van der Waals surface area contributed by atoms with Crippen LogP contribution in [-0.2, 0) is 4.74 Å². The number of nitrogens with zero attached hydrogens (tertiary/aromatic N) is 1. The van der Waals surface area contributed by atoms with Gasteiger partial charge in [-0.1, -0.05) is 17.7 Å². The maximum atomic E-state index is 11.7. The minimum Gasteiger partial charge on any atom is -0.462 e. The Morgan fingerprint density at radius 2 is 2.22 bits per heavy atom. The van der Waals surface area contributed by atoms with Crippen LogP contribution >= 0.6 is 27.5 Å². The summed E-state index contributed by atoms with van der Waals surface area (Å²) < 4.78 is 5.66. The third-order valence-corrected chi connectivity index (χ3v) is 3.92. The lowest BCUT2D eigenvalue weighted by molar-refractivity contribution is 0.0525. The minimum atomic E-state index is -0.383. The molecular formula is C13H11BrClNO2. The molecule has 1 heterocycles. The lowest BCUT2D eigenvalue weighted by Gasteiger charge is -2.09. The van der Waals surface area contributed by atoms with Gasteiger partial charge in [-0.15, -0.1) is 0 Å². The number of ether oxygens (including phenoxy) is 1. The van der Waals surface area contributed by atoms with Crippen LogP contribution in [0.5, 0.6) is 0 Å². The predicted octanol–water partition coefficient (Wildman–Crippen LogP) is 4.14. The lowest BCUT2D eigenvalue weighted by Crippen LogP contribution is -2.06. The van der Waals surface area contributed by atoms with Crippen LogP contribution < -0.4 is 0 Å². The molecule has 2 rings (SSSR count). The third kappa shape index (κ3) is 2.22. The number of pyridine rings is 1. The lowest BCUT2D eigenvalue weighted by atomic mass is 10.1. The molecule has 0 aliphatic rings. The molecule has 1 aromatic carbocycles. The molecule has 2 aromatic rings. The van der Waals surface area contributed by atoms with E-state index in [1.807, 2.05) is 13.0 Å². The fourth-order valence-electron chi connectivity index (χ4n) is 1.70. The number of halogens is 2. The van der Waals surface area contributed by atoms with Gasteiger partial charge in [0.15, 0.2) is 0 Å². The average Bonchev–Trinajstić information content (AvgIpc) is 2.34. The molecule has 0 atom stereocenters. The van der Waals surface area contributed by atoms with Crippen molar-refractivity contribution >= 4 is 44.4 Å². The van der Waals surface area contributed by atoms with Crippen molar-refractivity contribution in [2.24, 2.45) is 0 Å². The van der Waals surface area contributed by atoms with Crippen LogP contribution in [0.15, 0.2) is 22.8 Å². The van der Waals surface area contributed by atoms with E-state index in [9.17, 15) is 4.79 Å². The number of aryl methyl sites for hydroxylation is 1. The van der Waals surface area contributed by atoms with E-state index in [2.05, 4.69) is 20.9 Å². The van der Waals surface area contributed by atoms with Gasteiger partial charge in [0.1, 0.15) is 0 Å². The maximum Gasteiger partial charge on any atom is 0.340 e. The van der Waals surface area contributed by atoms with Gasteiger partial charge < -0.3 is 4.74 Å². The first-order chi connectivity index (χ1) is 8.56. The highest BCUT2D eigenvalue weighted by Gasteiger charge is 2.16. The van der Waals surface area contributed by atoms with Crippen LogP contribution in [0.1, 0.15) is 22.8 Å². The van der Waals surface area contributed by atoms with E-state index in [4.69, 9.17) is 16.3 Å². The second kappa shape index (κ2) is 5.24. The Kier molecular flexibility index (Phi) is 3.88. The highest BCUT2D eigenvalue weighted by atomic mass is 79.9. The molecule has 0 amide bonds.